The third-order valence-electron chi connectivity index (χ3n) is 4.23. The molecule has 8 heteroatoms. The summed E-state index contributed by atoms with van der Waals surface area (Å²) in [6, 6.07) is 16.7. The minimum Gasteiger partial charge on any atom is -0.277 e. The molecule has 0 bridgehead atoms. The summed E-state index contributed by atoms with van der Waals surface area (Å²) in [6.45, 7) is 1.75. The number of hydrogen-bond donors (Lipinski definition) is 2. The molecule has 2 N–H and O–H groups in total. The van der Waals surface area contributed by atoms with Gasteiger partial charge in [-0.15, -0.1) is 5.10 Å². The van der Waals surface area contributed by atoms with Crippen LogP contribution in [0.15, 0.2) is 65.9 Å². The van der Waals surface area contributed by atoms with Crippen molar-refractivity contribution in [3.63, 3.8) is 0 Å². The van der Waals surface area contributed by atoms with Crippen LogP contribution >= 0.6 is 0 Å². The number of aromatic amines is 1. The Balaban J connectivity index is 1.48. The van der Waals surface area contributed by atoms with Crippen molar-refractivity contribution in [3.05, 3.63) is 66.4 Å². The lowest BCUT2D eigenvalue weighted by Crippen LogP contribution is -2.28. The van der Waals surface area contributed by atoms with Gasteiger partial charge in [-0.25, -0.2) is 10.1 Å². The number of para-hydroxylation sites is 1. The molecule has 0 aliphatic rings. The summed E-state index contributed by atoms with van der Waals surface area (Å²) in [4.78, 5) is 12.4. The predicted octanol–water partition coefficient (Wildman–Crippen LogP) is 2.53. The van der Waals surface area contributed by atoms with E-state index in [1.54, 1.807) is 24.0 Å². The average Bonchev–Trinajstić information content (AvgIpc) is 3.35. The van der Waals surface area contributed by atoms with Crippen molar-refractivity contribution >= 4 is 23.2 Å². The third-order valence-corrected chi connectivity index (χ3v) is 4.23. The number of carbonyl (C=O) groups excluding carboxylic acids is 1. The summed E-state index contributed by atoms with van der Waals surface area (Å²) in [7, 11) is 0. The summed E-state index contributed by atoms with van der Waals surface area (Å²) in [5.41, 5.74) is 6.70. The third kappa shape index (κ3) is 3.32. The van der Waals surface area contributed by atoms with Gasteiger partial charge in [0, 0.05) is 11.1 Å². The van der Waals surface area contributed by atoms with Crippen LogP contribution in [-0.4, -0.2) is 37.3 Å². The van der Waals surface area contributed by atoms with Crippen LogP contribution in [0.3, 0.4) is 0 Å². The lowest BCUT2D eigenvalue weighted by atomic mass is 10.1. The van der Waals surface area contributed by atoms with Crippen LogP contribution in [0, 0.1) is 0 Å². The Kier molecular flexibility index (Phi) is 4.44. The largest absolute Gasteiger partial charge is 0.277 e. The van der Waals surface area contributed by atoms with Crippen molar-refractivity contribution in [1.82, 2.24) is 30.6 Å². The number of hydrazone groups is 1. The van der Waals surface area contributed by atoms with Gasteiger partial charge in [-0.05, 0) is 19.1 Å². The number of benzene rings is 2. The molecule has 4 rings (SSSR count). The summed E-state index contributed by atoms with van der Waals surface area (Å²) >= 11 is 0. The van der Waals surface area contributed by atoms with E-state index >= 15 is 0 Å². The van der Waals surface area contributed by atoms with E-state index in [0.29, 0.717) is 0 Å². The van der Waals surface area contributed by atoms with Gasteiger partial charge < -0.3 is 0 Å². The maximum atomic E-state index is 12.4. The predicted molar refractivity (Wildman–Crippen MR) is 102 cm³/mol. The zero-order chi connectivity index (χ0) is 18.6. The lowest BCUT2D eigenvalue weighted by molar-refractivity contribution is -0.124. The van der Waals surface area contributed by atoms with Gasteiger partial charge in [0.2, 0.25) is 0 Å². The molecule has 0 saturated carbocycles. The highest BCUT2D eigenvalue weighted by Crippen LogP contribution is 2.19. The van der Waals surface area contributed by atoms with E-state index in [1.807, 2.05) is 54.6 Å². The molecule has 27 heavy (non-hydrogen) atoms. The average molecular weight is 359 g/mol. The maximum Gasteiger partial charge on any atom is 0.264 e. The molecule has 0 spiro atoms. The number of rotatable bonds is 5. The molecular formula is C19H17N7O. The number of H-pyrrole nitrogens is 1. The van der Waals surface area contributed by atoms with E-state index < -0.39 is 6.04 Å². The molecule has 0 fully saturated rings. The number of nitrogens with zero attached hydrogens (tertiary/aromatic N) is 5. The minimum absolute atomic E-state index is 0.286. The monoisotopic (exact) mass is 359 g/mol. The zero-order valence-electron chi connectivity index (χ0n) is 14.6. The molecule has 1 atom stereocenters. The molecule has 4 aromatic rings. The van der Waals surface area contributed by atoms with Crippen LogP contribution in [0.5, 0.6) is 0 Å². The SMILES string of the molecule is C[C@@H](C(=O)N/N=C\c1cn[nH]c1-c1ccccc1)n1nnc2ccccc21. The zero-order valence-corrected chi connectivity index (χ0v) is 14.6. The van der Waals surface area contributed by atoms with Crippen molar-refractivity contribution < 1.29 is 4.79 Å². The first-order valence-electron chi connectivity index (χ1n) is 8.45. The Bertz CT molecular complexity index is 1100. The molecule has 8 nitrogen and oxygen atoms in total. The van der Waals surface area contributed by atoms with Gasteiger partial charge in [0.15, 0.2) is 0 Å². The first-order chi connectivity index (χ1) is 13.2. The molecule has 1 amide bonds. The van der Waals surface area contributed by atoms with Crippen LogP contribution in [0.1, 0.15) is 18.5 Å². The van der Waals surface area contributed by atoms with E-state index in [-0.39, 0.29) is 5.91 Å². The van der Waals surface area contributed by atoms with Crippen molar-refractivity contribution in [3.8, 4) is 11.3 Å². The van der Waals surface area contributed by atoms with E-state index in [1.165, 1.54) is 0 Å². The summed E-state index contributed by atoms with van der Waals surface area (Å²) in [5, 5.41) is 19.2. The van der Waals surface area contributed by atoms with Crippen LogP contribution in [0.4, 0.5) is 0 Å². The van der Waals surface area contributed by atoms with Crippen molar-refractivity contribution in [2.24, 2.45) is 5.10 Å². The van der Waals surface area contributed by atoms with Gasteiger partial charge >= 0.3 is 0 Å². The molecule has 2 aromatic heterocycles. The number of amides is 1. The number of aromatic nitrogens is 5. The van der Waals surface area contributed by atoms with Crippen LogP contribution in [-0.2, 0) is 4.79 Å². The Morgan fingerprint density at radius 2 is 1.96 bits per heavy atom. The molecular weight excluding hydrogens is 342 g/mol. The van der Waals surface area contributed by atoms with Crippen LogP contribution in [0.25, 0.3) is 22.3 Å². The summed E-state index contributed by atoms with van der Waals surface area (Å²) in [6.07, 6.45) is 3.22. The molecule has 2 aromatic carbocycles. The summed E-state index contributed by atoms with van der Waals surface area (Å²) in [5.74, 6) is -0.286. The Labute approximate surface area is 154 Å². The molecule has 0 saturated heterocycles. The van der Waals surface area contributed by atoms with Gasteiger partial charge in [0.05, 0.1) is 23.6 Å². The molecule has 0 aliphatic heterocycles. The normalized spacial score (nSPS) is 12.5. The first kappa shape index (κ1) is 16.6. The van der Waals surface area contributed by atoms with Gasteiger partial charge in [-0.2, -0.15) is 10.2 Å². The Morgan fingerprint density at radius 1 is 1.19 bits per heavy atom. The second kappa shape index (κ2) is 7.20. The van der Waals surface area contributed by atoms with Gasteiger partial charge in [0.25, 0.3) is 5.91 Å². The molecule has 134 valence electrons. The second-order valence-electron chi connectivity index (χ2n) is 6.00. The number of hydrogen-bond acceptors (Lipinski definition) is 5. The first-order valence-corrected chi connectivity index (χ1v) is 8.45. The number of fused-ring (bicyclic) bond motifs is 1. The van der Waals surface area contributed by atoms with Gasteiger partial charge in [0.1, 0.15) is 11.6 Å². The van der Waals surface area contributed by atoms with Gasteiger partial charge in [-0.1, -0.05) is 47.7 Å². The van der Waals surface area contributed by atoms with Crippen LogP contribution in [0.2, 0.25) is 0 Å². The highest BCUT2D eigenvalue weighted by Gasteiger charge is 2.18. The van der Waals surface area contributed by atoms with Crippen molar-refractivity contribution in [2.45, 2.75) is 13.0 Å². The van der Waals surface area contributed by atoms with Gasteiger partial charge in [-0.3, -0.25) is 9.89 Å². The fraction of sp³-hybridized carbons (Fsp3) is 0.105. The van der Waals surface area contributed by atoms with Crippen molar-refractivity contribution in [2.75, 3.05) is 0 Å². The molecule has 0 unspecified atom stereocenters. The van der Waals surface area contributed by atoms with E-state index in [9.17, 15) is 4.79 Å². The van der Waals surface area contributed by atoms with E-state index in [0.717, 1.165) is 27.9 Å². The minimum atomic E-state index is -0.549. The fourth-order valence-corrected chi connectivity index (χ4v) is 2.77. The quantitative estimate of drug-likeness (QED) is 0.422. The topological polar surface area (TPSA) is 101 Å². The highest BCUT2D eigenvalue weighted by atomic mass is 16.2. The fourth-order valence-electron chi connectivity index (χ4n) is 2.77. The standard InChI is InChI=1S/C19H17N7O/c1-13(26-17-10-6-5-9-16(17)22-25-26)19(27)24-21-12-15-11-20-23-18(15)14-7-3-2-4-8-14/h2-13H,1H3,(H,20,23)(H,24,27)/b21-12-/t13-/m0/s1. The smallest absolute Gasteiger partial charge is 0.264 e. The Morgan fingerprint density at radius 3 is 2.81 bits per heavy atom. The molecule has 0 aliphatic carbocycles. The van der Waals surface area contributed by atoms with Crippen molar-refractivity contribution in [1.29, 1.82) is 0 Å². The number of carbonyl (C=O) groups is 1. The Hall–Kier alpha value is -3.81. The lowest BCUT2D eigenvalue weighted by Gasteiger charge is -2.10. The maximum absolute atomic E-state index is 12.4. The number of nitrogens with one attached hydrogen (secondary N) is 2. The summed E-state index contributed by atoms with van der Waals surface area (Å²) < 4.78 is 1.58. The van der Waals surface area contributed by atoms with E-state index in [2.05, 4.69) is 31.0 Å². The van der Waals surface area contributed by atoms with E-state index in [4.69, 9.17) is 0 Å². The highest BCUT2D eigenvalue weighted by molar-refractivity contribution is 5.90. The van der Waals surface area contributed by atoms with Crippen LogP contribution < -0.4 is 5.43 Å². The second-order valence-corrected chi connectivity index (χ2v) is 6.00. The molecule has 2 heterocycles. The molecule has 0 radical (unpaired) electrons.